The highest BCUT2D eigenvalue weighted by molar-refractivity contribution is 4.99. The van der Waals surface area contributed by atoms with E-state index in [2.05, 4.69) is 0 Å². The Balaban J connectivity index is 0.000000341. The zero-order valence-electron chi connectivity index (χ0n) is 12.0. The van der Waals surface area contributed by atoms with Crippen molar-refractivity contribution in [3.05, 3.63) is 36.4 Å². The molecule has 0 bridgehead atoms. The van der Waals surface area contributed by atoms with Crippen LogP contribution < -0.4 is 0 Å². The number of rotatable bonds is 1. The number of benzene rings is 1. The summed E-state index contributed by atoms with van der Waals surface area (Å²) in [6, 6.07) is 12.0. The molecule has 0 aromatic heterocycles. The van der Waals surface area contributed by atoms with E-state index in [0.29, 0.717) is 19.0 Å². The molecular formula is C15H24F3N. The first-order valence-electron chi connectivity index (χ1n) is 6.76. The van der Waals surface area contributed by atoms with E-state index in [1.54, 1.807) is 0 Å². The summed E-state index contributed by atoms with van der Waals surface area (Å²) in [6.45, 7) is 6.44. The van der Waals surface area contributed by atoms with Crippen LogP contribution in [0.1, 0.15) is 27.2 Å². The second-order valence-corrected chi connectivity index (χ2v) is 4.40. The van der Waals surface area contributed by atoms with Crippen LogP contribution in [-0.4, -0.2) is 30.7 Å². The Bertz CT molecular complexity index is 271. The van der Waals surface area contributed by atoms with Crippen molar-refractivity contribution in [1.82, 2.24) is 4.90 Å². The van der Waals surface area contributed by atoms with E-state index in [9.17, 15) is 13.2 Å². The molecule has 1 saturated heterocycles. The van der Waals surface area contributed by atoms with Gasteiger partial charge in [-0.25, -0.2) is 0 Å². The van der Waals surface area contributed by atoms with Crippen molar-refractivity contribution in [2.75, 3.05) is 19.6 Å². The first-order valence-corrected chi connectivity index (χ1v) is 6.76. The molecule has 1 aromatic rings. The van der Waals surface area contributed by atoms with E-state index in [-0.39, 0.29) is 0 Å². The third-order valence-electron chi connectivity index (χ3n) is 2.58. The summed E-state index contributed by atoms with van der Waals surface area (Å²) in [7, 11) is 0. The number of halogens is 3. The fourth-order valence-corrected chi connectivity index (χ4v) is 1.81. The topological polar surface area (TPSA) is 3.24 Å². The molecule has 1 fully saturated rings. The zero-order valence-corrected chi connectivity index (χ0v) is 12.0. The van der Waals surface area contributed by atoms with Gasteiger partial charge in [0.15, 0.2) is 0 Å². The lowest BCUT2D eigenvalue weighted by Crippen LogP contribution is -2.32. The van der Waals surface area contributed by atoms with Crippen molar-refractivity contribution < 1.29 is 13.2 Å². The van der Waals surface area contributed by atoms with Gasteiger partial charge in [-0.3, -0.25) is 4.90 Å². The molecule has 19 heavy (non-hydrogen) atoms. The zero-order chi connectivity index (χ0) is 14.7. The maximum absolute atomic E-state index is 11.8. The Morgan fingerprint density at radius 2 is 1.42 bits per heavy atom. The van der Waals surface area contributed by atoms with E-state index in [1.165, 1.54) is 4.90 Å². The van der Waals surface area contributed by atoms with Gasteiger partial charge >= 0.3 is 6.18 Å². The third-order valence-corrected chi connectivity index (χ3v) is 2.58. The van der Waals surface area contributed by atoms with Gasteiger partial charge in [-0.05, 0) is 18.9 Å². The van der Waals surface area contributed by atoms with Crippen LogP contribution in [0.25, 0.3) is 0 Å². The molecule has 0 aliphatic carbocycles. The molecule has 1 aliphatic heterocycles. The molecule has 0 spiro atoms. The molecule has 1 atom stereocenters. The van der Waals surface area contributed by atoms with Crippen molar-refractivity contribution in [2.24, 2.45) is 5.92 Å². The Kier molecular flexibility index (Phi) is 9.31. The van der Waals surface area contributed by atoms with Gasteiger partial charge < -0.3 is 0 Å². The fourth-order valence-electron chi connectivity index (χ4n) is 1.81. The predicted octanol–water partition coefficient (Wildman–Crippen LogP) is 4.60. The quantitative estimate of drug-likeness (QED) is 0.724. The lowest BCUT2D eigenvalue weighted by atomic mass is 10.2. The molecule has 0 amide bonds. The fraction of sp³-hybridized carbons (Fsp3) is 0.600. The molecular weight excluding hydrogens is 251 g/mol. The molecule has 1 aliphatic rings. The summed E-state index contributed by atoms with van der Waals surface area (Å²) < 4.78 is 35.4. The molecule has 1 unspecified atom stereocenters. The van der Waals surface area contributed by atoms with E-state index in [1.807, 2.05) is 57.2 Å². The van der Waals surface area contributed by atoms with Crippen molar-refractivity contribution in [3.8, 4) is 0 Å². The molecule has 2 rings (SSSR count). The largest absolute Gasteiger partial charge is 0.401 e. The summed E-state index contributed by atoms with van der Waals surface area (Å²) in [5.41, 5.74) is 0. The Morgan fingerprint density at radius 1 is 1.00 bits per heavy atom. The summed E-state index contributed by atoms with van der Waals surface area (Å²) in [5.74, 6) is 0.428. The van der Waals surface area contributed by atoms with Crippen molar-refractivity contribution in [2.45, 2.75) is 33.4 Å². The molecule has 0 saturated carbocycles. The van der Waals surface area contributed by atoms with Gasteiger partial charge in [-0.1, -0.05) is 57.2 Å². The maximum Gasteiger partial charge on any atom is 0.401 e. The van der Waals surface area contributed by atoms with Gasteiger partial charge in [-0.15, -0.1) is 0 Å². The summed E-state index contributed by atoms with van der Waals surface area (Å²) in [5, 5.41) is 0. The van der Waals surface area contributed by atoms with Crippen molar-refractivity contribution in [3.63, 3.8) is 0 Å². The van der Waals surface area contributed by atoms with Crippen molar-refractivity contribution >= 4 is 0 Å². The summed E-state index contributed by atoms with van der Waals surface area (Å²) in [6.07, 6.45) is -3.12. The molecule has 1 nitrogen and oxygen atoms in total. The van der Waals surface area contributed by atoms with Crippen LogP contribution in [0.2, 0.25) is 0 Å². The molecule has 0 N–H and O–H groups in total. The summed E-state index contributed by atoms with van der Waals surface area (Å²) in [4.78, 5) is 1.46. The highest BCUT2D eigenvalue weighted by Crippen LogP contribution is 2.21. The average molecular weight is 275 g/mol. The van der Waals surface area contributed by atoms with Crippen LogP contribution >= 0.6 is 0 Å². The molecule has 1 aromatic carbocycles. The Morgan fingerprint density at radius 3 is 1.68 bits per heavy atom. The van der Waals surface area contributed by atoms with Gasteiger partial charge in [0, 0.05) is 6.54 Å². The number of hydrogen-bond donors (Lipinski definition) is 0. The van der Waals surface area contributed by atoms with Crippen LogP contribution in [-0.2, 0) is 0 Å². The highest BCUT2D eigenvalue weighted by atomic mass is 19.4. The Labute approximate surface area is 114 Å². The molecule has 110 valence electrons. The first kappa shape index (κ1) is 18.0. The number of nitrogens with zero attached hydrogens (tertiary/aromatic N) is 1. The average Bonchev–Trinajstić information content (AvgIpc) is 2.78. The van der Waals surface area contributed by atoms with Crippen LogP contribution in [0.5, 0.6) is 0 Å². The van der Waals surface area contributed by atoms with Gasteiger partial charge in [0.05, 0.1) is 6.54 Å². The van der Waals surface area contributed by atoms with Gasteiger partial charge in [-0.2, -0.15) is 13.2 Å². The van der Waals surface area contributed by atoms with E-state index in [4.69, 9.17) is 0 Å². The standard InChI is InChI=1S/C7H12F3N.C6H6.C2H6/c1-6-2-3-11(4-6)5-7(8,9)10;1-2-4-6-5-3-1;1-2/h6H,2-5H2,1H3;1-6H;1-2H3. The summed E-state index contributed by atoms with van der Waals surface area (Å²) >= 11 is 0. The van der Waals surface area contributed by atoms with E-state index >= 15 is 0 Å². The third kappa shape index (κ3) is 10.6. The Hall–Kier alpha value is -1.03. The van der Waals surface area contributed by atoms with Crippen molar-refractivity contribution in [1.29, 1.82) is 0 Å². The number of hydrogen-bond acceptors (Lipinski definition) is 1. The number of likely N-dealkylation sites (tertiary alicyclic amines) is 1. The number of alkyl halides is 3. The van der Waals surface area contributed by atoms with Gasteiger partial charge in [0.2, 0.25) is 0 Å². The first-order chi connectivity index (χ1) is 8.97. The highest BCUT2D eigenvalue weighted by Gasteiger charge is 2.33. The minimum atomic E-state index is -4.02. The molecule has 1 heterocycles. The van der Waals surface area contributed by atoms with Gasteiger partial charge in [0.25, 0.3) is 0 Å². The lowest BCUT2D eigenvalue weighted by molar-refractivity contribution is -0.143. The maximum atomic E-state index is 11.8. The minimum absolute atomic E-state index is 0.428. The van der Waals surface area contributed by atoms with Gasteiger partial charge in [0.1, 0.15) is 0 Å². The second-order valence-electron chi connectivity index (χ2n) is 4.40. The molecule has 4 heteroatoms. The monoisotopic (exact) mass is 275 g/mol. The SMILES string of the molecule is CC.CC1CCN(CC(F)(F)F)C1.c1ccccc1. The van der Waals surface area contributed by atoms with Crippen LogP contribution in [0, 0.1) is 5.92 Å². The van der Waals surface area contributed by atoms with E-state index in [0.717, 1.165) is 6.42 Å². The van der Waals surface area contributed by atoms with Crippen LogP contribution in [0.15, 0.2) is 36.4 Å². The molecule has 0 radical (unpaired) electrons. The van der Waals surface area contributed by atoms with E-state index < -0.39 is 12.7 Å². The smallest absolute Gasteiger partial charge is 0.295 e. The lowest BCUT2D eigenvalue weighted by Gasteiger charge is -2.16. The predicted molar refractivity (Wildman–Crippen MR) is 74.1 cm³/mol. The second kappa shape index (κ2) is 9.84. The minimum Gasteiger partial charge on any atom is -0.295 e. The normalized spacial score (nSPS) is 18.9. The van der Waals surface area contributed by atoms with Crippen LogP contribution in [0.3, 0.4) is 0 Å². The van der Waals surface area contributed by atoms with Crippen LogP contribution in [0.4, 0.5) is 13.2 Å².